The third-order valence-electron chi connectivity index (χ3n) is 2.43. The number of carbonyl (C=O) groups excluding carboxylic acids is 3. The van der Waals surface area contributed by atoms with E-state index in [2.05, 4.69) is 0 Å². The lowest BCUT2D eigenvalue weighted by Gasteiger charge is -2.04. The third kappa shape index (κ3) is 11.3. The molecule has 0 heterocycles. The Labute approximate surface area is 153 Å². The predicted molar refractivity (Wildman–Crippen MR) is 91.4 cm³/mol. The highest BCUT2D eigenvalue weighted by atomic mass is 35.5. The number of halogens is 5. The van der Waals surface area contributed by atoms with Gasteiger partial charge in [-0.2, -0.15) is 0 Å². The van der Waals surface area contributed by atoms with Crippen LogP contribution in [-0.4, -0.2) is 15.7 Å². The van der Waals surface area contributed by atoms with Crippen LogP contribution < -0.4 is 0 Å². The number of rotatable bonds is 6. The summed E-state index contributed by atoms with van der Waals surface area (Å²) in [5.74, 6) is 0.141. The summed E-state index contributed by atoms with van der Waals surface area (Å²) in [6.07, 6.45) is 1.25. The Kier molecular flexibility index (Phi) is 11.1. The molecule has 122 valence electrons. The van der Waals surface area contributed by atoms with Gasteiger partial charge in [-0.15, -0.1) is 0 Å². The second kappa shape index (κ2) is 11.3. The monoisotopic (exact) mass is 404 g/mol. The quantitative estimate of drug-likeness (QED) is 0.570. The lowest BCUT2D eigenvalue weighted by atomic mass is 10.0. The summed E-state index contributed by atoms with van der Waals surface area (Å²) in [6, 6.07) is 4.46. The fourth-order valence-corrected chi connectivity index (χ4v) is 2.41. The molecule has 22 heavy (non-hydrogen) atoms. The largest absolute Gasteiger partial charge is 0.281 e. The molecule has 1 aromatic rings. The zero-order chi connectivity index (χ0) is 17.3. The van der Waals surface area contributed by atoms with Crippen LogP contribution in [-0.2, 0) is 9.59 Å². The molecule has 0 amide bonds. The van der Waals surface area contributed by atoms with Gasteiger partial charge in [-0.25, -0.2) is 0 Å². The lowest BCUT2D eigenvalue weighted by molar-refractivity contribution is -0.114. The molecule has 3 nitrogen and oxygen atoms in total. The highest BCUT2D eigenvalue weighted by molar-refractivity contribution is 6.68. The van der Waals surface area contributed by atoms with Gasteiger partial charge in [-0.1, -0.05) is 30.1 Å². The van der Waals surface area contributed by atoms with Crippen molar-refractivity contribution in [2.75, 3.05) is 0 Å². The molecule has 8 heteroatoms. The van der Waals surface area contributed by atoms with Gasteiger partial charge < -0.3 is 0 Å². The summed E-state index contributed by atoms with van der Waals surface area (Å²) < 4.78 is 0. The molecule has 0 aliphatic carbocycles. The molecule has 0 radical (unpaired) electrons. The molecule has 0 fully saturated rings. The number of carbonyl (C=O) groups is 3. The van der Waals surface area contributed by atoms with E-state index in [-0.39, 0.29) is 16.4 Å². The number of hydrogen-bond donors (Lipinski definition) is 0. The van der Waals surface area contributed by atoms with Crippen LogP contribution in [0.2, 0.25) is 10.0 Å². The molecular weight excluding hydrogens is 393 g/mol. The van der Waals surface area contributed by atoms with E-state index >= 15 is 0 Å². The maximum Gasteiger partial charge on any atom is 0.252 e. The Balaban J connectivity index is 0.000000401. The average Bonchev–Trinajstić information content (AvgIpc) is 2.35. The second-order valence-electron chi connectivity index (χ2n) is 4.49. The normalized spacial score (nSPS) is 11.2. The zero-order valence-corrected chi connectivity index (χ0v) is 15.3. The first-order valence-electron chi connectivity index (χ1n) is 6.14. The van der Waals surface area contributed by atoms with Crippen molar-refractivity contribution in [2.24, 2.45) is 5.92 Å². The van der Waals surface area contributed by atoms with Crippen molar-refractivity contribution < 1.29 is 14.4 Å². The first kappa shape index (κ1) is 21.7. The highest BCUT2D eigenvalue weighted by Gasteiger charge is 2.08. The molecule has 0 bridgehead atoms. The van der Waals surface area contributed by atoms with Crippen molar-refractivity contribution in [1.29, 1.82) is 0 Å². The first-order valence-corrected chi connectivity index (χ1v) is 8.03. The minimum absolute atomic E-state index is 0.141. The fourth-order valence-electron chi connectivity index (χ4n) is 1.40. The molecule has 0 saturated carbocycles. The molecule has 0 aliphatic rings. The zero-order valence-electron chi connectivity index (χ0n) is 11.5. The van der Waals surface area contributed by atoms with Crippen molar-refractivity contribution in [3.05, 3.63) is 33.8 Å². The molecule has 0 saturated heterocycles. The van der Waals surface area contributed by atoms with Crippen molar-refractivity contribution >= 4 is 73.7 Å². The van der Waals surface area contributed by atoms with E-state index in [1.54, 1.807) is 0 Å². The molecule has 0 aromatic heterocycles. The van der Waals surface area contributed by atoms with Gasteiger partial charge in [0.05, 0.1) is 0 Å². The van der Waals surface area contributed by atoms with Crippen molar-refractivity contribution in [3.8, 4) is 0 Å². The van der Waals surface area contributed by atoms with E-state index in [0.717, 1.165) is 0 Å². The highest BCUT2D eigenvalue weighted by Crippen LogP contribution is 2.19. The van der Waals surface area contributed by atoms with Crippen LogP contribution in [0, 0.1) is 5.92 Å². The first-order chi connectivity index (χ1) is 10.1. The minimum Gasteiger partial charge on any atom is -0.281 e. The van der Waals surface area contributed by atoms with E-state index in [1.807, 2.05) is 6.92 Å². The Morgan fingerprint density at radius 2 is 1.45 bits per heavy atom. The topological polar surface area (TPSA) is 51.2 Å². The van der Waals surface area contributed by atoms with Crippen LogP contribution in [0.3, 0.4) is 0 Å². The van der Waals surface area contributed by atoms with Gasteiger partial charge in [0.1, 0.15) is 0 Å². The van der Waals surface area contributed by atoms with Crippen LogP contribution in [0.1, 0.15) is 36.5 Å². The number of benzene rings is 1. The van der Waals surface area contributed by atoms with E-state index < -0.39 is 5.24 Å². The summed E-state index contributed by atoms with van der Waals surface area (Å²) >= 11 is 26.6. The van der Waals surface area contributed by atoms with E-state index in [1.165, 1.54) is 18.2 Å². The molecule has 0 aliphatic heterocycles. The summed E-state index contributed by atoms with van der Waals surface area (Å²) in [7, 11) is 0. The van der Waals surface area contributed by atoms with Gasteiger partial charge in [0, 0.05) is 28.5 Å². The van der Waals surface area contributed by atoms with E-state index in [9.17, 15) is 14.4 Å². The Hall–Kier alpha value is -0.320. The molecule has 1 rings (SSSR count). The maximum absolute atomic E-state index is 10.6. The molecule has 1 atom stereocenters. The van der Waals surface area contributed by atoms with Crippen LogP contribution in [0.5, 0.6) is 0 Å². The molecule has 0 spiro atoms. The summed E-state index contributed by atoms with van der Waals surface area (Å²) in [6.45, 7) is 1.86. The standard InChI is InChI=1S/C7H3Cl3O.C7H10Cl2O2/c8-5-1-4(7(10)11)2-6(9)3-5;1-5(4-7(9)11)2-3-6(8)10/h1-3H;5H,2-4H2,1H3. The van der Waals surface area contributed by atoms with Crippen LogP contribution in [0.25, 0.3) is 0 Å². The van der Waals surface area contributed by atoms with Crippen LogP contribution >= 0.6 is 58.0 Å². The van der Waals surface area contributed by atoms with Crippen molar-refractivity contribution in [1.82, 2.24) is 0 Å². The SMILES string of the molecule is CC(CCC(=O)Cl)CC(=O)Cl.O=C(Cl)c1cc(Cl)cc(Cl)c1. The molecule has 1 unspecified atom stereocenters. The van der Waals surface area contributed by atoms with Crippen LogP contribution in [0.4, 0.5) is 0 Å². The smallest absolute Gasteiger partial charge is 0.252 e. The van der Waals surface area contributed by atoms with Gasteiger partial charge in [0.25, 0.3) is 5.24 Å². The van der Waals surface area contributed by atoms with Crippen LogP contribution in [0.15, 0.2) is 18.2 Å². The van der Waals surface area contributed by atoms with Gasteiger partial charge >= 0.3 is 0 Å². The fraction of sp³-hybridized carbons (Fsp3) is 0.357. The summed E-state index contributed by atoms with van der Waals surface area (Å²) in [5, 5.41) is -0.476. The molecule has 1 aromatic carbocycles. The van der Waals surface area contributed by atoms with Crippen molar-refractivity contribution in [3.63, 3.8) is 0 Å². The molecule has 0 N–H and O–H groups in total. The Morgan fingerprint density at radius 3 is 1.82 bits per heavy atom. The maximum atomic E-state index is 10.6. The van der Waals surface area contributed by atoms with E-state index in [4.69, 9.17) is 58.0 Å². The number of hydrogen-bond acceptors (Lipinski definition) is 3. The van der Waals surface area contributed by atoms with Gasteiger partial charge in [-0.3, -0.25) is 14.4 Å². The second-order valence-corrected chi connectivity index (χ2v) is 6.55. The summed E-state index contributed by atoms with van der Waals surface area (Å²) in [5.41, 5.74) is 0.309. The Morgan fingerprint density at radius 1 is 0.955 bits per heavy atom. The van der Waals surface area contributed by atoms with Gasteiger partial charge in [0.15, 0.2) is 0 Å². The Bertz CT molecular complexity index is 525. The third-order valence-corrected chi connectivity index (χ3v) is 3.43. The van der Waals surface area contributed by atoms with Gasteiger partial charge in [-0.05, 0) is 65.3 Å². The lowest BCUT2D eigenvalue weighted by Crippen LogP contribution is -2.01. The van der Waals surface area contributed by atoms with Crippen molar-refractivity contribution in [2.45, 2.75) is 26.2 Å². The van der Waals surface area contributed by atoms with Gasteiger partial charge in [0.2, 0.25) is 10.5 Å². The van der Waals surface area contributed by atoms with E-state index in [0.29, 0.717) is 34.9 Å². The average molecular weight is 407 g/mol. The molecular formula is C14H13Cl5O3. The predicted octanol–water partition coefficient (Wildman–Crippen LogP) is 5.70. The summed E-state index contributed by atoms with van der Waals surface area (Å²) in [4.78, 5) is 31.2. The minimum atomic E-state index is -0.561.